The summed E-state index contributed by atoms with van der Waals surface area (Å²) in [4.78, 5) is 0. The molecular weight excluding hydrogens is 921 g/mol. The molecule has 8 heavy (non-hydrogen) atoms. The van der Waals surface area contributed by atoms with Gasteiger partial charge in [-0.25, -0.2) is 0 Å². The first-order chi connectivity index (χ1) is 0. The van der Waals surface area contributed by atoms with Gasteiger partial charge >= 0.3 is 0 Å². The Morgan fingerprint density at radius 2 is 0.250 bits per heavy atom. The summed E-state index contributed by atoms with van der Waals surface area (Å²) in [6.45, 7) is 0. The van der Waals surface area contributed by atoms with Crippen LogP contribution in [0.15, 0.2) is 0 Å². The average Bonchev–Trinajstić information content (AvgIpc) is 0. The molecule has 0 atom stereocenters. The molecule has 0 aliphatic carbocycles. The second kappa shape index (κ2) is 46.6. The van der Waals surface area contributed by atoms with E-state index in [1.54, 1.807) is 0 Å². The Morgan fingerprint density at radius 3 is 0.250 bits per heavy atom. The molecule has 20 radical (unpaired) electrons. The standard InChI is InChI=1S/4Na.4Pb. The van der Waals surface area contributed by atoms with Gasteiger partial charge < -0.3 is 0 Å². The third kappa shape index (κ3) is 37.3. The summed E-state index contributed by atoms with van der Waals surface area (Å²) in [7, 11) is 0. The quantitative estimate of drug-likeness (QED) is 0.227. The van der Waals surface area contributed by atoms with Crippen LogP contribution < -0.4 is 0 Å². The van der Waals surface area contributed by atoms with Gasteiger partial charge in [-0.15, -0.1) is 0 Å². The van der Waals surface area contributed by atoms with Gasteiger partial charge in [0, 0.05) is 227 Å². The van der Waals surface area contributed by atoms with Crippen molar-refractivity contribution >= 4 is 227 Å². The summed E-state index contributed by atoms with van der Waals surface area (Å²) < 4.78 is 0. The predicted octanol–water partition coefficient (Wildman–Crippen LogP) is -3.05. The van der Waals surface area contributed by atoms with Crippen LogP contribution in [-0.4, -0.2) is 227 Å². The zero-order valence-corrected chi connectivity index (χ0v) is 29.5. The molecule has 0 aromatic carbocycles. The van der Waals surface area contributed by atoms with Crippen molar-refractivity contribution in [2.45, 2.75) is 0 Å². The molecule has 0 heterocycles. The molecule has 0 aromatic rings. The monoisotopic (exact) mass is 924 g/mol. The molecule has 0 amide bonds. The Balaban J connectivity index is 0. The molecule has 0 N–H and O–H groups in total. The van der Waals surface area contributed by atoms with Gasteiger partial charge in [-0.2, -0.15) is 0 Å². The van der Waals surface area contributed by atoms with Crippen LogP contribution in [0, 0.1) is 0 Å². The van der Waals surface area contributed by atoms with E-state index >= 15 is 0 Å². The van der Waals surface area contributed by atoms with E-state index in [2.05, 4.69) is 0 Å². The van der Waals surface area contributed by atoms with E-state index in [1.165, 1.54) is 0 Å². The largest absolute Gasteiger partial charge is 0 e. The van der Waals surface area contributed by atoms with Crippen LogP contribution in [-0.2, 0) is 0 Å². The van der Waals surface area contributed by atoms with Gasteiger partial charge in [0.05, 0.1) is 0 Å². The summed E-state index contributed by atoms with van der Waals surface area (Å²) in [6, 6.07) is 0. The van der Waals surface area contributed by atoms with E-state index in [-0.39, 0.29) is 227 Å². The Morgan fingerprint density at radius 1 is 0.250 bits per heavy atom. The first-order valence-electron chi connectivity index (χ1n) is 0. The zero-order valence-electron chi connectivity index (χ0n) is 6.00. The molecule has 0 saturated carbocycles. The second-order valence-electron chi connectivity index (χ2n) is 0. The van der Waals surface area contributed by atoms with Gasteiger partial charge in [-0.05, 0) is 0 Å². The van der Waals surface area contributed by atoms with Crippen molar-refractivity contribution < 1.29 is 0 Å². The van der Waals surface area contributed by atoms with Gasteiger partial charge in [-0.3, -0.25) is 0 Å². The number of hydrogen-bond donors (Lipinski definition) is 0. The maximum atomic E-state index is 0. The molecule has 0 bridgehead atoms. The molecule has 8 heteroatoms. The van der Waals surface area contributed by atoms with Crippen LogP contribution in [0.4, 0.5) is 0 Å². The first kappa shape index (κ1) is 57.3. The molecule has 0 aliphatic rings. The van der Waals surface area contributed by atoms with Crippen LogP contribution in [0.2, 0.25) is 0 Å². The minimum atomic E-state index is 0. The molecule has 0 rings (SSSR count). The molecule has 0 saturated heterocycles. The summed E-state index contributed by atoms with van der Waals surface area (Å²) in [6.07, 6.45) is 0. The van der Waals surface area contributed by atoms with E-state index in [0.717, 1.165) is 0 Å². The normalized spacial score (nSPS) is 0. The van der Waals surface area contributed by atoms with Crippen molar-refractivity contribution in [2.75, 3.05) is 0 Å². The van der Waals surface area contributed by atoms with E-state index in [9.17, 15) is 0 Å². The van der Waals surface area contributed by atoms with Crippen LogP contribution in [0.25, 0.3) is 0 Å². The summed E-state index contributed by atoms with van der Waals surface area (Å²) in [5.41, 5.74) is 0. The molecule has 0 aromatic heterocycles. The van der Waals surface area contributed by atoms with Crippen molar-refractivity contribution in [3.05, 3.63) is 0 Å². The molecule has 0 fully saturated rings. The molecule has 0 spiro atoms. The molecule has 0 unspecified atom stereocenters. The van der Waals surface area contributed by atoms with E-state index in [4.69, 9.17) is 0 Å². The molecule has 0 aliphatic heterocycles. The average molecular weight is 921 g/mol. The Kier molecular flexibility index (Phi) is 333. The fourth-order valence-corrected chi connectivity index (χ4v) is 0. The fraction of sp³-hybridized carbons (Fsp3) is 0. The predicted molar refractivity (Wildman–Crippen MR) is 46.0 cm³/mol. The summed E-state index contributed by atoms with van der Waals surface area (Å²) in [5.74, 6) is 0. The summed E-state index contributed by atoms with van der Waals surface area (Å²) >= 11 is 0. The molecule has 20 valence electrons. The van der Waals surface area contributed by atoms with Crippen molar-refractivity contribution in [3.8, 4) is 0 Å². The minimum Gasteiger partial charge on any atom is 0 e. The Hall–Kier alpha value is 7.69. The molecule has 0 nitrogen and oxygen atoms in total. The molecular formula is Na4Pb4. The van der Waals surface area contributed by atoms with E-state index in [0.29, 0.717) is 0 Å². The second-order valence-corrected chi connectivity index (χ2v) is 0. The van der Waals surface area contributed by atoms with Gasteiger partial charge in [-0.1, -0.05) is 0 Å². The maximum absolute atomic E-state index is 0. The Bertz CT molecular complexity index is 8.00. The number of rotatable bonds is 0. The summed E-state index contributed by atoms with van der Waals surface area (Å²) in [5, 5.41) is 0. The van der Waals surface area contributed by atoms with Crippen LogP contribution in [0.3, 0.4) is 0 Å². The third-order valence-corrected chi connectivity index (χ3v) is 0. The van der Waals surface area contributed by atoms with Crippen molar-refractivity contribution in [2.24, 2.45) is 0 Å². The van der Waals surface area contributed by atoms with Gasteiger partial charge in [0.25, 0.3) is 0 Å². The third-order valence-electron chi connectivity index (χ3n) is 0. The minimum absolute atomic E-state index is 0. The van der Waals surface area contributed by atoms with Crippen LogP contribution >= 0.6 is 0 Å². The van der Waals surface area contributed by atoms with Crippen molar-refractivity contribution in [3.63, 3.8) is 0 Å². The fourth-order valence-electron chi connectivity index (χ4n) is 0. The van der Waals surface area contributed by atoms with Crippen molar-refractivity contribution in [1.82, 2.24) is 0 Å². The Labute approximate surface area is 220 Å². The van der Waals surface area contributed by atoms with E-state index in [1.807, 2.05) is 0 Å². The van der Waals surface area contributed by atoms with Gasteiger partial charge in [0.15, 0.2) is 0 Å². The van der Waals surface area contributed by atoms with Gasteiger partial charge in [0.1, 0.15) is 0 Å². The van der Waals surface area contributed by atoms with Crippen LogP contribution in [0.5, 0.6) is 0 Å². The van der Waals surface area contributed by atoms with E-state index < -0.39 is 0 Å². The first-order valence-corrected chi connectivity index (χ1v) is 0. The van der Waals surface area contributed by atoms with Crippen molar-refractivity contribution in [1.29, 1.82) is 0 Å². The SMILES string of the molecule is [Na].[Na].[Na].[Na].[Pb].[Pb].[Pb].[Pb]. The maximum Gasteiger partial charge on any atom is 0 e. The topological polar surface area (TPSA) is 0 Å². The number of hydrogen-bond acceptors (Lipinski definition) is 0. The van der Waals surface area contributed by atoms with Crippen LogP contribution in [0.1, 0.15) is 0 Å². The zero-order chi connectivity index (χ0) is 0. The van der Waals surface area contributed by atoms with Gasteiger partial charge in [0.2, 0.25) is 0 Å². The smallest absolute Gasteiger partial charge is 0 e.